The number of carbonyl (C=O) groups excluding carboxylic acids is 1. The van der Waals surface area contributed by atoms with Crippen LogP contribution in [0.4, 0.5) is 0 Å². The minimum Gasteiger partial charge on any atom is -0.478 e. The summed E-state index contributed by atoms with van der Waals surface area (Å²) in [6, 6.07) is 0. The van der Waals surface area contributed by atoms with Gasteiger partial charge >= 0.3 is 5.97 Å². The Morgan fingerprint density at radius 3 is 2.67 bits per heavy atom. The summed E-state index contributed by atoms with van der Waals surface area (Å²) in [6.45, 7) is 3.75. The quantitative estimate of drug-likeness (QED) is 0.788. The van der Waals surface area contributed by atoms with Gasteiger partial charge in [0.1, 0.15) is 0 Å². The van der Waals surface area contributed by atoms with E-state index in [-0.39, 0.29) is 17.5 Å². The summed E-state index contributed by atoms with van der Waals surface area (Å²) in [6.07, 6.45) is 4.06. The van der Waals surface area contributed by atoms with Crippen molar-refractivity contribution in [3.63, 3.8) is 0 Å². The van der Waals surface area contributed by atoms with E-state index in [0.717, 1.165) is 12.8 Å². The zero-order chi connectivity index (χ0) is 13.7. The van der Waals surface area contributed by atoms with Gasteiger partial charge in [-0.15, -0.1) is 0 Å². The van der Waals surface area contributed by atoms with E-state index in [1.54, 1.807) is 20.1 Å². The smallest absolute Gasteiger partial charge is 0.336 e. The Morgan fingerprint density at radius 2 is 2.17 bits per heavy atom. The molecule has 4 nitrogen and oxygen atoms in total. The van der Waals surface area contributed by atoms with Gasteiger partial charge in [-0.25, -0.2) is 4.79 Å². The molecular formula is C14H20O4. The number of carboxylic acid groups (broad SMARTS) is 1. The van der Waals surface area contributed by atoms with Gasteiger partial charge in [-0.1, -0.05) is 18.9 Å². The first kappa shape index (κ1) is 14.6. The third-order valence-electron chi connectivity index (χ3n) is 3.13. The number of ketones is 1. The first-order valence-electron chi connectivity index (χ1n) is 6.22. The molecule has 1 aliphatic carbocycles. The van der Waals surface area contributed by atoms with Crippen molar-refractivity contribution in [1.82, 2.24) is 0 Å². The van der Waals surface area contributed by atoms with Gasteiger partial charge in [-0.05, 0) is 25.8 Å². The van der Waals surface area contributed by atoms with Crippen molar-refractivity contribution < 1.29 is 19.4 Å². The second kappa shape index (κ2) is 6.50. The molecule has 4 heteroatoms. The molecule has 0 aromatic rings. The zero-order valence-corrected chi connectivity index (χ0v) is 11.2. The SMILES string of the molecule is CCCCC(=O)C1=CC(OC)CC(C)=C1C(=O)O. The summed E-state index contributed by atoms with van der Waals surface area (Å²) in [5, 5.41) is 9.22. The molecule has 100 valence electrons. The van der Waals surface area contributed by atoms with Gasteiger partial charge in [0.15, 0.2) is 5.78 Å². The van der Waals surface area contributed by atoms with E-state index < -0.39 is 5.97 Å². The lowest BCUT2D eigenvalue weighted by Crippen LogP contribution is -2.22. The van der Waals surface area contributed by atoms with Crippen molar-refractivity contribution in [3.05, 3.63) is 22.8 Å². The summed E-state index contributed by atoms with van der Waals surface area (Å²) in [4.78, 5) is 23.3. The molecule has 0 fully saturated rings. The molecule has 1 rings (SSSR count). The van der Waals surface area contributed by atoms with E-state index in [1.807, 2.05) is 6.92 Å². The lowest BCUT2D eigenvalue weighted by Gasteiger charge is -2.22. The Kier molecular flexibility index (Phi) is 5.28. The highest BCUT2D eigenvalue weighted by molar-refractivity contribution is 6.10. The Morgan fingerprint density at radius 1 is 1.50 bits per heavy atom. The van der Waals surface area contributed by atoms with Crippen molar-refractivity contribution in [2.45, 2.75) is 45.6 Å². The van der Waals surface area contributed by atoms with E-state index in [9.17, 15) is 14.7 Å². The highest BCUT2D eigenvalue weighted by Crippen LogP contribution is 2.28. The fraction of sp³-hybridized carbons (Fsp3) is 0.571. The fourth-order valence-electron chi connectivity index (χ4n) is 2.12. The maximum absolute atomic E-state index is 12.1. The van der Waals surface area contributed by atoms with Crippen molar-refractivity contribution >= 4 is 11.8 Å². The predicted octanol–water partition coefficient (Wildman–Crippen LogP) is 2.49. The second-order valence-electron chi connectivity index (χ2n) is 4.55. The normalized spacial score (nSPS) is 19.7. The topological polar surface area (TPSA) is 63.6 Å². The molecule has 0 amide bonds. The molecule has 0 aliphatic heterocycles. The van der Waals surface area contributed by atoms with Crippen LogP contribution in [0.25, 0.3) is 0 Å². The molecule has 0 bridgehead atoms. The van der Waals surface area contributed by atoms with Crippen LogP contribution in [0.15, 0.2) is 22.8 Å². The zero-order valence-electron chi connectivity index (χ0n) is 11.2. The van der Waals surface area contributed by atoms with Crippen LogP contribution in [0, 0.1) is 0 Å². The predicted molar refractivity (Wildman–Crippen MR) is 68.4 cm³/mol. The molecule has 1 N–H and O–H groups in total. The summed E-state index contributed by atoms with van der Waals surface area (Å²) >= 11 is 0. The average molecular weight is 252 g/mol. The Balaban J connectivity index is 3.04. The van der Waals surface area contributed by atoms with E-state index in [1.165, 1.54) is 0 Å². The van der Waals surface area contributed by atoms with E-state index in [4.69, 9.17) is 4.74 Å². The van der Waals surface area contributed by atoms with Crippen LogP contribution >= 0.6 is 0 Å². The number of carboxylic acids is 1. The van der Waals surface area contributed by atoms with Crippen LogP contribution < -0.4 is 0 Å². The largest absolute Gasteiger partial charge is 0.478 e. The Labute approximate surface area is 107 Å². The van der Waals surface area contributed by atoms with E-state index in [0.29, 0.717) is 24.0 Å². The Bertz CT molecular complexity index is 404. The summed E-state index contributed by atoms with van der Waals surface area (Å²) < 4.78 is 5.22. The molecule has 1 unspecified atom stereocenters. The number of hydrogen-bond acceptors (Lipinski definition) is 3. The van der Waals surface area contributed by atoms with Gasteiger partial charge in [0.2, 0.25) is 0 Å². The van der Waals surface area contributed by atoms with Gasteiger partial charge in [-0.3, -0.25) is 4.79 Å². The maximum atomic E-state index is 12.1. The second-order valence-corrected chi connectivity index (χ2v) is 4.55. The molecule has 0 aromatic carbocycles. The Hall–Kier alpha value is -1.42. The number of carbonyl (C=O) groups is 2. The third kappa shape index (κ3) is 3.29. The average Bonchev–Trinajstić information content (AvgIpc) is 2.34. The highest BCUT2D eigenvalue weighted by Gasteiger charge is 2.28. The minimum atomic E-state index is -1.03. The van der Waals surface area contributed by atoms with Crippen molar-refractivity contribution in [2.24, 2.45) is 0 Å². The van der Waals surface area contributed by atoms with Gasteiger partial charge < -0.3 is 9.84 Å². The molecular weight excluding hydrogens is 232 g/mol. The molecule has 0 radical (unpaired) electrons. The minimum absolute atomic E-state index is 0.102. The molecule has 1 aliphatic rings. The highest BCUT2D eigenvalue weighted by atomic mass is 16.5. The lowest BCUT2D eigenvalue weighted by atomic mass is 9.86. The number of aliphatic carboxylic acids is 1. The van der Waals surface area contributed by atoms with Crippen molar-refractivity contribution in [1.29, 1.82) is 0 Å². The number of Topliss-reactive ketones (excluding diaryl/α,β-unsaturated/α-hetero) is 1. The van der Waals surface area contributed by atoms with Crippen molar-refractivity contribution in [3.8, 4) is 0 Å². The summed E-state index contributed by atoms with van der Waals surface area (Å²) in [7, 11) is 1.56. The van der Waals surface area contributed by atoms with E-state index >= 15 is 0 Å². The van der Waals surface area contributed by atoms with Gasteiger partial charge in [-0.2, -0.15) is 0 Å². The molecule has 18 heavy (non-hydrogen) atoms. The van der Waals surface area contributed by atoms with Crippen molar-refractivity contribution in [2.75, 3.05) is 7.11 Å². The summed E-state index contributed by atoms with van der Waals surface area (Å²) in [5.74, 6) is -1.13. The van der Waals surface area contributed by atoms with Crippen LogP contribution in [-0.4, -0.2) is 30.1 Å². The monoisotopic (exact) mass is 252 g/mol. The van der Waals surface area contributed by atoms with Crippen LogP contribution in [0.1, 0.15) is 39.5 Å². The van der Waals surface area contributed by atoms with Gasteiger partial charge in [0.25, 0.3) is 0 Å². The number of unbranched alkanes of at least 4 members (excludes halogenated alkanes) is 1. The summed E-state index contributed by atoms with van der Waals surface area (Å²) in [5.41, 5.74) is 1.17. The van der Waals surface area contributed by atoms with Crippen LogP contribution in [0.2, 0.25) is 0 Å². The number of methoxy groups -OCH3 is 1. The third-order valence-corrected chi connectivity index (χ3v) is 3.13. The standard InChI is InChI=1S/C14H20O4/c1-4-5-6-12(15)11-8-10(18-3)7-9(2)13(11)14(16)17/h8,10H,4-7H2,1-3H3,(H,16,17). The molecule has 0 aromatic heterocycles. The van der Waals surface area contributed by atoms with E-state index in [2.05, 4.69) is 0 Å². The lowest BCUT2D eigenvalue weighted by molar-refractivity contribution is -0.133. The molecule has 0 saturated heterocycles. The van der Waals surface area contributed by atoms with Crippen LogP contribution in [0.5, 0.6) is 0 Å². The molecule has 0 heterocycles. The number of ether oxygens (including phenoxy) is 1. The van der Waals surface area contributed by atoms with Gasteiger partial charge in [0, 0.05) is 19.1 Å². The fourth-order valence-corrected chi connectivity index (χ4v) is 2.12. The van der Waals surface area contributed by atoms with Crippen LogP contribution in [0.3, 0.4) is 0 Å². The maximum Gasteiger partial charge on any atom is 0.336 e. The van der Waals surface area contributed by atoms with Crippen LogP contribution in [-0.2, 0) is 14.3 Å². The first-order chi connectivity index (χ1) is 8.51. The first-order valence-corrected chi connectivity index (χ1v) is 6.22. The molecule has 0 saturated carbocycles. The number of rotatable bonds is 6. The van der Waals surface area contributed by atoms with Gasteiger partial charge in [0.05, 0.1) is 11.7 Å². The molecule has 1 atom stereocenters. The number of hydrogen-bond donors (Lipinski definition) is 1. The molecule has 0 spiro atoms.